The first-order valence-corrected chi connectivity index (χ1v) is 18.8. The Morgan fingerprint density at radius 3 is 2.05 bits per heavy atom. The van der Waals surface area contributed by atoms with Gasteiger partial charge in [-0.15, -0.1) is 0 Å². The maximum Gasteiger partial charge on any atom is 0.427 e. The first-order chi connectivity index (χ1) is 25.3. The molecule has 4 amide bonds. The lowest BCUT2D eigenvalue weighted by molar-refractivity contribution is -0.244. The van der Waals surface area contributed by atoms with Crippen LogP contribution in [-0.2, 0) is 33.5 Å². The first kappa shape index (κ1) is 43.4. The Kier molecular flexibility index (Phi) is 12.7. The number of carbonyl (C=O) groups excluding carboxylic acids is 7. The Bertz CT molecular complexity index is 1670. The number of halogens is 3. The Balaban J connectivity index is 1.47. The van der Waals surface area contributed by atoms with E-state index in [2.05, 4.69) is 10.6 Å². The number of ketones is 3. The second-order valence-corrected chi connectivity index (χ2v) is 17.7. The van der Waals surface area contributed by atoms with Gasteiger partial charge >= 0.3 is 12.3 Å². The summed E-state index contributed by atoms with van der Waals surface area (Å²) in [5.74, 6) is -4.81. The lowest BCUT2D eigenvalue weighted by Gasteiger charge is -2.38. The van der Waals surface area contributed by atoms with Gasteiger partial charge in [-0.2, -0.15) is 13.2 Å². The van der Waals surface area contributed by atoms with Gasteiger partial charge in [0.05, 0.1) is 6.04 Å². The molecule has 1 aromatic carbocycles. The molecule has 0 spiro atoms. The molecule has 0 aromatic heterocycles. The van der Waals surface area contributed by atoms with E-state index < -0.39 is 82.9 Å². The molecule has 1 aromatic rings. The summed E-state index contributed by atoms with van der Waals surface area (Å²) in [7, 11) is 3.11. The molecule has 6 atom stereocenters. The third kappa shape index (κ3) is 10.1. The summed E-state index contributed by atoms with van der Waals surface area (Å²) in [5, 5.41) is 4.98. The third-order valence-electron chi connectivity index (χ3n) is 11.3. The zero-order chi connectivity index (χ0) is 41.4. The number of hydrogen-bond donors (Lipinski definition) is 2. The van der Waals surface area contributed by atoms with E-state index in [0.717, 1.165) is 12.8 Å². The van der Waals surface area contributed by atoms with E-state index in [0.29, 0.717) is 25.8 Å². The van der Waals surface area contributed by atoms with Gasteiger partial charge in [0, 0.05) is 45.8 Å². The molecule has 304 valence electrons. The van der Waals surface area contributed by atoms with Crippen LogP contribution in [0.4, 0.5) is 18.0 Å². The summed E-state index contributed by atoms with van der Waals surface area (Å²) in [4.78, 5) is 96.7. The summed E-state index contributed by atoms with van der Waals surface area (Å²) < 4.78 is 45.1. The van der Waals surface area contributed by atoms with Gasteiger partial charge < -0.3 is 25.2 Å². The predicted molar refractivity (Wildman–Crippen MR) is 195 cm³/mol. The van der Waals surface area contributed by atoms with Crippen LogP contribution in [0, 0.1) is 34.5 Å². The Hall–Kier alpha value is -4.30. The van der Waals surface area contributed by atoms with Crippen molar-refractivity contribution in [3.63, 3.8) is 0 Å². The summed E-state index contributed by atoms with van der Waals surface area (Å²) in [6, 6.07) is 5.28. The Morgan fingerprint density at radius 2 is 1.53 bits per heavy atom. The van der Waals surface area contributed by atoms with Crippen molar-refractivity contribution in [2.45, 2.75) is 117 Å². The molecule has 3 fully saturated rings. The molecule has 1 aliphatic heterocycles. The molecule has 55 heavy (non-hydrogen) atoms. The number of rotatable bonds is 16. The Labute approximate surface area is 320 Å². The van der Waals surface area contributed by atoms with E-state index >= 15 is 0 Å². The average molecular weight is 777 g/mol. The van der Waals surface area contributed by atoms with Crippen LogP contribution in [0.2, 0.25) is 0 Å². The van der Waals surface area contributed by atoms with Crippen LogP contribution in [0.1, 0.15) is 98.6 Å². The number of alkyl halides is 3. The van der Waals surface area contributed by atoms with Crippen LogP contribution in [-0.4, -0.2) is 95.5 Å². The SMILES string of the molecule is CN(C)C(=O)[C@@H](NC(=O)CCC(=O)C(=O)C(CC(=O)C1[C@@H]2C(CN1C(=O)C(NC(=O)OC(C)(C)C(F)(F)F)C(C)(C)C)C2(C)C)CC1CC1)c1ccccc1. The molecule has 1 heterocycles. The zero-order valence-corrected chi connectivity index (χ0v) is 33.2. The monoisotopic (exact) mass is 776 g/mol. The molecule has 1 saturated heterocycles. The maximum atomic E-state index is 14.3. The van der Waals surface area contributed by atoms with E-state index in [1.807, 2.05) is 13.8 Å². The van der Waals surface area contributed by atoms with Gasteiger partial charge in [0.25, 0.3) is 0 Å². The largest absolute Gasteiger partial charge is 0.434 e. The van der Waals surface area contributed by atoms with Gasteiger partial charge in [-0.3, -0.25) is 28.8 Å². The van der Waals surface area contributed by atoms with Crippen LogP contribution < -0.4 is 10.6 Å². The number of Topliss-reactive ketones (excluding diaryl/α,β-unsaturated/α-hetero) is 3. The van der Waals surface area contributed by atoms with Crippen LogP contribution in [0.25, 0.3) is 0 Å². The topological polar surface area (TPSA) is 159 Å². The molecule has 2 aliphatic carbocycles. The quantitative estimate of drug-likeness (QED) is 0.217. The minimum atomic E-state index is -4.87. The van der Waals surface area contributed by atoms with Crippen molar-refractivity contribution in [1.82, 2.24) is 20.4 Å². The number of alkyl carbamates (subject to hydrolysis) is 1. The first-order valence-electron chi connectivity index (χ1n) is 18.8. The van der Waals surface area contributed by atoms with Crippen molar-refractivity contribution in [1.29, 1.82) is 0 Å². The number of fused-ring (bicyclic) bond motifs is 1. The third-order valence-corrected chi connectivity index (χ3v) is 11.3. The summed E-state index contributed by atoms with van der Waals surface area (Å²) in [5.41, 5.74) is -3.60. The van der Waals surface area contributed by atoms with Gasteiger partial charge in [-0.05, 0) is 54.4 Å². The zero-order valence-electron chi connectivity index (χ0n) is 33.2. The van der Waals surface area contributed by atoms with Crippen LogP contribution in [0.3, 0.4) is 0 Å². The Morgan fingerprint density at radius 1 is 0.927 bits per heavy atom. The van der Waals surface area contributed by atoms with Crippen molar-refractivity contribution in [2.24, 2.45) is 34.5 Å². The fraction of sp³-hybridized carbons (Fsp3) is 0.675. The minimum Gasteiger partial charge on any atom is -0.434 e. The second kappa shape index (κ2) is 16.0. The average Bonchev–Trinajstić information content (AvgIpc) is 3.93. The number of ether oxygens (including phenoxy) is 1. The number of nitrogens with zero attached hydrogens (tertiary/aromatic N) is 2. The normalized spacial score (nSPS) is 22.0. The van der Waals surface area contributed by atoms with Crippen LogP contribution in [0.5, 0.6) is 0 Å². The lowest BCUT2D eigenvalue weighted by atomic mass is 9.83. The molecule has 12 nitrogen and oxygen atoms in total. The van der Waals surface area contributed by atoms with E-state index in [-0.39, 0.29) is 48.5 Å². The van der Waals surface area contributed by atoms with E-state index in [4.69, 9.17) is 4.74 Å². The van der Waals surface area contributed by atoms with E-state index in [9.17, 15) is 46.7 Å². The number of nitrogens with one attached hydrogen (secondary N) is 2. The predicted octanol–water partition coefficient (Wildman–Crippen LogP) is 5.19. The van der Waals surface area contributed by atoms with Gasteiger partial charge in [0.15, 0.2) is 11.6 Å². The van der Waals surface area contributed by atoms with E-state index in [1.165, 1.54) is 9.80 Å². The van der Waals surface area contributed by atoms with E-state index in [1.54, 1.807) is 65.2 Å². The number of carbonyl (C=O) groups is 7. The molecular weight excluding hydrogens is 721 g/mol. The highest BCUT2D eigenvalue weighted by Gasteiger charge is 2.69. The highest BCUT2D eigenvalue weighted by atomic mass is 19.4. The highest BCUT2D eigenvalue weighted by molar-refractivity contribution is 6.38. The van der Waals surface area contributed by atoms with Gasteiger partial charge in [0.2, 0.25) is 29.1 Å². The number of likely N-dealkylation sites (N-methyl/N-ethyl adjacent to an activating group) is 1. The lowest BCUT2D eigenvalue weighted by Crippen LogP contribution is -2.59. The van der Waals surface area contributed by atoms with Gasteiger partial charge in [-0.25, -0.2) is 4.79 Å². The van der Waals surface area contributed by atoms with Crippen molar-refractivity contribution >= 4 is 41.2 Å². The van der Waals surface area contributed by atoms with Crippen molar-refractivity contribution in [3.8, 4) is 0 Å². The molecule has 15 heteroatoms. The van der Waals surface area contributed by atoms with Crippen LogP contribution >= 0.6 is 0 Å². The highest BCUT2D eigenvalue weighted by Crippen LogP contribution is 2.65. The number of piperidine rings is 1. The molecule has 0 radical (unpaired) electrons. The number of benzene rings is 1. The molecule has 4 rings (SSSR count). The fourth-order valence-electron chi connectivity index (χ4n) is 7.54. The fourth-order valence-corrected chi connectivity index (χ4v) is 7.54. The van der Waals surface area contributed by atoms with Crippen LogP contribution in [0.15, 0.2) is 30.3 Å². The summed E-state index contributed by atoms with van der Waals surface area (Å²) >= 11 is 0. The van der Waals surface area contributed by atoms with Gasteiger partial charge in [0.1, 0.15) is 12.1 Å². The number of likely N-dealkylation sites (tertiary alicyclic amines) is 1. The standard InChI is InChI=1S/C40H55F3N4O8/c1-37(2,3)33(45-36(54)55-39(6,7)40(41,42)43)35(53)47-21-25-29(38(25,4)5)31(47)27(49)20-24(19-22-15-16-22)32(51)26(48)17-18-28(50)44-30(34(52)46(8)9)23-13-11-10-12-14-23/h10-14,22,24-25,29-31,33H,15-21H2,1-9H3,(H,44,50)(H,45,54)/t24?,25?,29-,30-,31?,33?/m0/s1. The van der Waals surface area contributed by atoms with Crippen molar-refractivity contribution < 1.29 is 51.5 Å². The number of hydrogen-bond acceptors (Lipinski definition) is 8. The molecule has 0 bridgehead atoms. The molecular formula is C40H55F3N4O8. The molecule has 2 N–H and O–H groups in total. The maximum absolute atomic E-state index is 14.3. The molecule has 4 unspecified atom stereocenters. The summed E-state index contributed by atoms with van der Waals surface area (Å²) in [6.07, 6.45) is -5.45. The van der Waals surface area contributed by atoms with Crippen molar-refractivity contribution in [3.05, 3.63) is 35.9 Å². The minimum absolute atomic E-state index is 0.0704. The summed E-state index contributed by atoms with van der Waals surface area (Å²) in [6.45, 7) is 10.4. The number of amides is 4. The smallest absolute Gasteiger partial charge is 0.427 e. The van der Waals surface area contributed by atoms with Gasteiger partial charge in [-0.1, -0.05) is 77.8 Å². The van der Waals surface area contributed by atoms with Crippen molar-refractivity contribution in [2.75, 3.05) is 20.6 Å². The molecule has 2 saturated carbocycles. The second-order valence-electron chi connectivity index (χ2n) is 17.7. The molecule has 3 aliphatic rings.